The molecule has 2 rings (SSSR count). The maximum absolute atomic E-state index is 12.2. The summed E-state index contributed by atoms with van der Waals surface area (Å²) in [5.74, 6) is 1.08. The molecule has 1 saturated heterocycles. The summed E-state index contributed by atoms with van der Waals surface area (Å²) in [4.78, 5) is 30.1. The monoisotopic (exact) mass is 303 g/mol. The lowest BCUT2D eigenvalue weighted by molar-refractivity contribution is -0.135. The van der Waals surface area contributed by atoms with Crippen LogP contribution in [0.3, 0.4) is 0 Å². The van der Waals surface area contributed by atoms with Crippen molar-refractivity contribution in [3.05, 3.63) is 30.1 Å². The topological polar surface area (TPSA) is 62.3 Å². The van der Waals surface area contributed by atoms with Crippen LogP contribution in [-0.4, -0.2) is 34.8 Å². The molecule has 1 aromatic heterocycles. The van der Waals surface area contributed by atoms with Crippen molar-refractivity contribution in [1.82, 2.24) is 15.2 Å². The largest absolute Gasteiger partial charge is 0.350 e. The third-order valence-corrected chi connectivity index (χ3v) is 3.98. The predicted octanol–water partition coefficient (Wildman–Crippen LogP) is 1.98. The molecule has 5 heteroatoms. The first kappa shape index (κ1) is 16.5. The Hall–Kier alpha value is -1.91. The molecule has 0 spiro atoms. The van der Waals surface area contributed by atoms with Gasteiger partial charge in [0, 0.05) is 32.1 Å². The Bertz CT molecular complexity index is 494. The fraction of sp³-hybridized carbons (Fsp3) is 0.588. The van der Waals surface area contributed by atoms with Crippen molar-refractivity contribution in [3.63, 3.8) is 0 Å². The van der Waals surface area contributed by atoms with E-state index in [0.717, 1.165) is 18.8 Å². The normalized spacial score (nSPS) is 21.5. The fourth-order valence-corrected chi connectivity index (χ4v) is 3.03. The van der Waals surface area contributed by atoms with Gasteiger partial charge in [-0.25, -0.2) is 0 Å². The molecule has 0 radical (unpaired) electrons. The predicted molar refractivity (Wildman–Crippen MR) is 84.8 cm³/mol. The molecule has 5 nitrogen and oxygen atoms in total. The van der Waals surface area contributed by atoms with E-state index < -0.39 is 0 Å². The number of carbonyl (C=O) groups excluding carboxylic acids is 2. The maximum atomic E-state index is 12.2. The van der Waals surface area contributed by atoms with Gasteiger partial charge in [0.05, 0.1) is 12.2 Å². The van der Waals surface area contributed by atoms with E-state index in [1.54, 1.807) is 6.20 Å². The zero-order valence-electron chi connectivity index (χ0n) is 13.4. The van der Waals surface area contributed by atoms with Gasteiger partial charge in [0.15, 0.2) is 0 Å². The summed E-state index contributed by atoms with van der Waals surface area (Å²) in [6.07, 6.45) is 3.40. The first-order chi connectivity index (χ1) is 10.5. The van der Waals surface area contributed by atoms with Crippen molar-refractivity contribution in [2.75, 3.05) is 13.1 Å². The van der Waals surface area contributed by atoms with Crippen molar-refractivity contribution in [1.29, 1.82) is 0 Å². The van der Waals surface area contributed by atoms with Crippen molar-refractivity contribution < 1.29 is 9.59 Å². The van der Waals surface area contributed by atoms with E-state index >= 15 is 0 Å². The molecular formula is C17H25N3O2. The number of carbonyl (C=O) groups is 2. The highest BCUT2D eigenvalue weighted by Gasteiger charge is 2.25. The van der Waals surface area contributed by atoms with Gasteiger partial charge < -0.3 is 10.2 Å². The highest BCUT2D eigenvalue weighted by Crippen LogP contribution is 2.21. The van der Waals surface area contributed by atoms with Gasteiger partial charge in [-0.1, -0.05) is 19.9 Å². The lowest BCUT2D eigenvalue weighted by atomic mass is 9.91. The first-order valence-corrected chi connectivity index (χ1v) is 7.99. The quantitative estimate of drug-likeness (QED) is 0.905. The number of hydrogen-bond acceptors (Lipinski definition) is 3. The lowest BCUT2D eigenvalue weighted by Crippen LogP contribution is -2.42. The third kappa shape index (κ3) is 5.13. The number of nitrogens with zero attached hydrogens (tertiary/aromatic N) is 2. The van der Waals surface area contributed by atoms with Crippen LogP contribution in [-0.2, 0) is 16.1 Å². The molecule has 2 amide bonds. The number of hydrogen-bond donors (Lipinski definition) is 1. The second-order valence-corrected chi connectivity index (χ2v) is 6.34. The van der Waals surface area contributed by atoms with Crippen molar-refractivity contribution in [2.45, 2.75) is 39.7 Å². The molecule has 0 aromatic carbocycles. The van der Waals surface area contributed by atoms with Gasteiger partial charge >= 0.3 is 0 Å². The molecule has 0 saturated carbocycles. The Labute approximate surface area is 132 Å². The molecule has 1 N–H and O–H groups in total. The summed E-state index contributed by atoms with van der Waals surface area (Å²) in [5.41, 5.74) is 0.820. The minimum Gasteiger partial charge on any atom is -0.350 e. The number of piperidine rings is 1. The highest BCUT2D eigenvalue weighted by molar-refractivity contribution is 5.83. The SMILES string of the molecule is CC1CC(C)CN(C(=O)CCC(=O)NCc2ccccn2)C1. The summed E-state index contributed by atoms with van der Waals surface area (Å²) in [6, 6.07) is 5.59. The zero-order valence-corrected chi connectivity index (χ0v) is 13.4. The van der Waals surface area contributed by atoms with E-state index in [9.17, 15) is 9.59 Å². The summed E-state index contributed by atoms with van der Waals surface area (Å²) in [5, 5.41) is 2.80. The molecule has 1 aliphatic rings. The van der Waals surface area contributed by atoms with Crippen LogP contribution in [0.25, 0.3) is 0 Å². The molecule has 1 aliphatic heterocycles. The van der Waals surface area contributed by atoms with E-state index in [0.29, 0.717) is 18.4 Å². The number of likely N-dealkylation sites (tertiary alicyclic amines) is 1. The molecule has 0 aliphatic carbocycles. The van der Waals surface area contributed by atoms with Crippen LogP contribution >= 0.6 is 0 Å². The van der Waals surface area contributed by atoms with Crippen LogP contribution in [0.2, 0.25) is 0 Å². The van der Waals surface area contributed by atoms with E-state index in [1.165, 1.54) is 6.42 Å². The Morgan fingerprint density at radius 1 is 1.23 bits per heavy atom. The molecule has 1 aromatic rings. The number of pyridine rings is 1. The van der Waals surface area contributed by atoms with Crippen LogP contribution in [0.15, 0.2) is 24.4 Å². The summed E-state index contributed by atoms with van der Waals surface area (Å²) in [7, 11) is 0. The molecule has 2 unspecified atom stereocenters. The van der Waals surface area contributed by atoms with E-state index in [-0.39, 0.29) is 24.7 Å². The third-order valence-electron chi connectivity index (χ3n) is 3.98. The molecule has 1 fully saturated rings. The van der Waals surface area contributed by atoms with Gasteiger partial charge in [0.2, 0.25) is 11.8 Å². The molecule has 22 heavy (non-hydrogen) atoms. The van der Waals surface area contributed by atoms with Gasteiger partial charge in [-0.05, 0) is 30.4 Å². The van der Waals surface area contributed by atoms with Crippen LogP contribution in [0.5, 0.6) is 0 Å². The van der Waals surface area contributed by atoms with Gasteiger partial charge in [-0.3, -0.25) is 14.6 Å². The second-order valence-electron chi connectivity index (χ2n) is 6.34. The van der Waals surface area contributed by atoms with Crippen LogP contribution < -0.4 is 5.32 Å². The molecule has 0 bridgehead atoms. The first-order valence-electron chi connectivity index (χ1n) is 7.99. The van der Waals surface area contributed by atoms with E-state index in [1.807, 2.05) is 23.1 Å². The van der Waals surface area contributed by atoms with E-state index in [2.05, 4.69) is 24.1 Å². The van der Waals surface area contributed by atoms with Crippen molar-refractivity contribution >= 4 is 11.8 Å². The van der Waals surface area contributed by atoms with Crippen LogP contribution in [0.1, 0.15) is 38.8 Å². The van der Waals surface area contributed by atoms with Gasteiger partial charge in [0.1, 0.15) is 0 Å². The fourth-order valence-electron chi connectivity index (χ4n) is 3.03. The highest BCUT2D eigenvalue weighted by atomic mass is 16.2. The summed E-state index contributed by atoms with van der Waals surface area (Å²) < 4.78 is 0. The molecule has 120 valence electrons. The minimum absolute atomic E-state index is 0.0892. The molecular weight excluding hydrogens is 278 g/mol. The second kappa shape index (κ2) is 7.92. The Balaban J connectivity index is 1.70. The van der Waals surface area contributed by atoms with Gasteiger partial charge in [-0.2, -0.15) is 0 Å². The summed E-state index contributed by atoms with van der Waals surface area (Å²) in [6.45, 7) is 6.40. The van der Waals surface area contributed by atoms with Crippen molar-refractivity contribution in [3.8, 4) is 0 Å². The maximum Gasteiger partial charge on any atom is 0.223 e. The Morgan fingerprint density at radius 2 is 1.95 bits per heavy atom. The van der Waals surface area contributed by atoms with Crippen LogP contribution in [0.4, 0.5) is 0 Å². The average Bonchev–Trinajstić information content (AvgIpc) is 2.50. The van der Waals surface area contributed by atoms with Gasteiger partial charge in [0.25, 0.3) is 0 Å². The number of rotatable bonds is 5. The summed E-state index contributed by atoms with van der Waals surface area (Å²) >= 11 is 0. The zero-order chi connectivity index (χ0) is 15.9. The standard InChI is InChI=1S/C17H25N3O2/c1-13-9-14(2)12-20(11-13)17(22)7-6-16(21)19-10-15-5-3-4-8-18-15/h3-5,8,13-14H,6-7,9-12H2,1-2H3,(H,19,21). The van der Waals surface area contributed by atoms with Crippen molar-refractivity contribution in [2.24, 2.45) is 11.8 Å². The Kier molecular flexibility index (Phi) is 5.92. The van der Waals surface area contributed by atoms with Crippen LogP contribution in [0, 0.1) is 11.8 Å². The van der Waals surface area contributed by atoms with E-state index in [4.69, 9.17) is 0 Å². The van der Waals surface area contributed by atoms with Gasteiger partial charge in [-0.15, -0.1) is 0 Å². The minimum atomic E-state index is -0.0999. The lowest BCUT2D eigenvalue weighted by Gasteiger charge is -2.35. The average molecular weight is 303 g/mol. The molecule has 2 atom stereocenters. The number of nitrogens with one attached hydrogen (secondary N) is 1. The molecule has 2 heterocycles. The Morgan fingerprint density at radius 3 is 2.59 bits per heavy atom. The number of aromatic nitrogens is 1. The smallest absolute Gasteiger partial charge is 0.223 e. The number of amides is 2.